The number of aromatic nitrogens is 1. The second-order valence-electron chi connectivity index (χ2n) is 7.43. The molecule has 0 spiro atoms. The maximum Gasteiger partial charge on any atom is 0.254 e. The van der Waals surface area contributed by atoms with Crippen molar-refractivity contribution in [3.63, 3.8) is 0 Å². The Labute approximate surface area is 161 Å². The molecule has 2 aromatic rings. The third-order valence-electron chi connectivity index (χ3n) is 5.60. The van der Waals surface area contributed by atoms with Crippen molar-refractivity contribution >= 4 is 11.7 Å². The maximum atomic E-state index is 13.0. The van der Waals surface area contributed by atoms with E-state index >= 15 is 0 Å². The summed E-state index contributed by atoms with van der Waals surface area (Å²) in [6.07, 6.45) is 5.00. The van der Waals surface area contributed by atoms with Gasteiger partial charge in [-0.25, -0.2) is 4.98 Å². The van der Waals surface area contributed by atoms with Gasteiger partial charge in [0.15, 0.2) is 0 Å². The number of pyridine rings is 1. The van der Waals surface area contributed by atoms with Gasteiger partial charge in [-0.2, -0.15) is 0 Å². The molecule has 27 heavy (non-hydrogen) atoms. The van der Waals surface area contributed by atoms with Gasteiger partial charge in [-0.3, -0.25) is 4.79 Å². The fourth-order valence-electron chi connectivity index (χ4n) is 3.99. The standard InChI is InChI=1S/C22H27N3O2/c26-22(20-6-9-23-21(17-20)24-12-14-27-15-13-24)25-10-7-19(8-11-25)16-18-4-2-1-3-5-18/h1-6,9,17,19H,7-8,10-16H2. The molecule has 142 valence electrons. The van der Waals surface area contributed by atoms with Crippen LogP contribution in [0.1, 0.15) is 28.8 Å². The van der Waals surface area contributed by atoms with Crippen molar-refractivity contribution in [1.82, 2.24) is 9.88 Å². The molecule has 5 heteroatoms. The summed E-state index contributed by atoms with van der Waals surface area (Å²) in [6.45, 7) is 4.77. The molecule has 5 nitrogen and oxygen atoms in total. The van der Waals surface area contributed by atoms with Crippen molar-refractivity contribution in [2.45, 2.75) is 19.3 Å². The summed E-state index contributed by atoms with van der Waals surface area (Å²) in [5, 5.41) is 0. The monoisotopic (exact) mass is 365 g/mol. The molecule has 0 unspecified atom stereocenters. The van der Waals surface area contributed by atoms with Gasteiger partial charge in [0.2, 0.25) is 0 Å². The van der Waals surface area contributed by atoms with E-state index in [1.165, 1.54) is 5.56 Å². The lowest BCUT2D eigenvalue weighted by atomic mass is 9.90. The molecule has 0 aliphatic carbocycles. The molecule has 1 aromatic carbocycles. The number of morpholine rings is 1. The number of nitrogens with zero attached hydrogens (tertiary/aromatic N) is 3. The molecule has 2 fully saturated rings. The molecule has 0 atom stereocenters. The third kappa shape index (κ3) is 4.48. The first kappa shape index (κ1) is 18.0. The van der Waals surface area contributed by atoms with Crippen molar-refractivity contribution in [3.8, 4) is 0 Å². The average molecular weight is 365 g/mol. The Morgan fingerprint density at radius 1 is 1.04 bits per heavy atom. The summed E-state index contributed by atoms with van der Waals surface area (Å²) in [7, 11) is 0. The number of rotatable bonds is 4. The highest BCUT2D eigenvalue weighted by atomic mass is 16.5. The van der Waals surface area contributed by atoms with Gasteiger partial charge in [-0.05, 0) is 42.9 Å². The number of hydrogen-bond donors (Lipinski definition) is 0. The summed E-state index contributed by atoms with van der Waals surface area (Å²) in [6, 6.07) is 14.4. The van der Waals surface area contributed by atoms with E-state index in [9.17, 15) is 4.79 Å². The highest BCUT2D eigenvalue weighted by Crippen LogP contribution is 2.23. The van der Waals surface area contributed by atoms with Crippen LogP contribution in [0.4, 0.5) is 5.82 Å². The molecule has 2 aliphatic heterocycles. The molecule has 1 aromatic heterocycles. The molecule has 0 saturated carbocycles. The first-order valence-electron chi connectivity index (χ1n) is 9.91. The maximum absolute atomic E-state index is 13.0. The Hall–Kier alpha value is -2.40. The highest BCUT2D eigenvalue weighted by Gasteiger charge is 2.24. The number of amides is 1. The largest absolute Gasteiger partial charge is 0.378 e. The van der Waals surface area contributed by atoms with Crippen LogP contribution in [-0.2, 0) is 11.2 Å². The van der Waals surface area contributed by atoms with Crippen LogP contribution in [0.15, 0.2) is 48.7 Å². The van der Waals surface area contributed by atoms with Crippen LogP contribution in [0.25, 0.3) is 0 Å². The first-order valence-corrected chi connectivity index (χ1v) is 9.91. The fourth-order valence-corrected chi connectivity index (χ4v) is 3.99. The molecule has 0 radical (unpaired) electrons. The molecule has 0 N–H and O–H groups in total. The van der Waals surface area contributed by atoms with Crippen LogP contribution in [0.5, 0.6) is 0 Å². The van der Waals surface area contributed by atoms with Crippen LogP contribution in [0.2, 0.25) is 0 Å². The minimum absolute atomic E-state index is 0.130. The number of hydrogen-bond acceptors (Lipinski definition) is 4. The Balaban J connectivity index is 1.35. The van der Waals surface area contributed by atoms with Crippen LogP contribution >= 0.6 is 0 Å². The number of carbonyl (C=O) groups excluding carboxylic acids is 1. The number of benzene rings is 1. The van der Waals surface area contributed by atoms with Gasteiger partial charge in [0.1, 0.15) is 5.82 Å². The molecule has 2 saturated heterocycles. The number of carbonyl (C=O) groups is 1. The van der Waals surface area contributed by atoms with E-state index in [-0.39, 0.29) is 5.91 Å². The molecular weight excluding hydrogens is 338 g/mol. The van der Waals surface area contributed by atoms with Crippen molar-refractivity contribution in [2.75, 3.05) is 44.3 Å². The quantitative estimate of drug-likeness (QED) is 0.836. The smallest absolute Gasteiger partial charge is 0.254 e. The Bertz CT molecular complexity index is 751. The Kier molecular flexibility index (Phi) is 5.68. The molecular formula is C22H27N3O2. The van der Waals surface area contributed by atoms with Gasteiger partial charge in [-0.1, -0.05) is 30.3 Å². The van der Waals surface area contributed by atoms with Crippen LogP contribution in [0, 0.1) is 5.92 Å². The summed E-state index contributed by atoms with van der Waals surface area (Å²) >= 11 is 0. The van der Waals surface area contributed by atoms with E-state index in [1.54, 1.807) is 6.20 Å². The number of likely N-dealkylation sites (tertiary alicyclic amines) is 1. The highest BCUT2D eigenvalue weighted by molar-refractivity contribution is 5.94. The van der Waals surface area contributed by atoms with Crippen molar-refractivity contribution in [3.05, 3.63) is 59.8 Å². The van der Waals surface area contributed by atoms with Crippen LogP contribution in [-0.4, -0.2) is 55.2 Å². The van der Waals surface area contributed by atoms with Gasteiger partial charge in [-0.15, -0.1) is 0 Å². The molecule has 4 rings (SSSR count). The SMILES string of the molecule is O=C(c1ccnc(N2CCOCC2)c1)N1CCC(Cc2ccccc2)CC1. The number of anilines is 1. The van der Waals surface area contributed by atoms with Gasteiger partial charge >= 0.3 is 0 Å². The molecule has 1 amide bonds. The minimum atomic E-state index is 0.130. The lowest BCUT2D eigenvalue weighted by Crippen LogP contribution is -2.39. The van der Waals surface area contributed by atoms with Crippen LogP contribution in [0.3, 0.4) is 0 Å². The first-order chi connectivity index (χ1) is 13.3. The number of ether oxygens (including phenoxy) is 1. The number of piperidine rings is 1. The van der Waals surface area contributed by atoms with E-state index in [0.717, 1.165) is 70.0 Å². The average Bonchev–Trinajstić information content (AvgIpc) is 2.75. The van der Waals surface area contributed by atoms with Gasteiger partial charge in [0.25, 0.3) is 5.91 Å². The second-order valence-corrected chi connectivity index (χ2v) is 7.43. The van der Waals surface area contributed by atoms with Gasteiger partial charge in [0.05, 0.1) is 13.2 Å². The zero-order valence-corrected chi connectivity index (χ0v) is 15.7. The second kappa shape index (κ2) is 8.53. The summed E-state index contributed by atoms with van der Waals surface area (Å²) in [5.74, 6) is 1.67. The minimum Gasteiger partial charge on any atom is -0.378 e. The predicted octanol–water partition coefficient (Wildman–Crippen LogP) is 3.01. The van der Waals surface area contributed by atoms with E-state index in [0.29, 0.717) is 5.92 Å². The zero-order chi connectivity index (χ0) is 18.5. The van der Waals surface area contributed by atoms with E-state index in [1.807, 2.05) is 17.0 Å². The van der Waals surface area contributed by atoms with Crippen LogP contribution < -0.4 is 4.90 Å². The topological polar surface area (TPSA) is 45.7 Å². The van der Waals surface area contributed by atoms with Crippen molar-refractivity contribution < 1.29 is 9.53 Å². The van der Waals surface area contributed by atoms with E-state index < -0.39 is 0 Å². The van der Waals surface area contributed by atoms with E-state index in [4.69, 9.17) is 4.74 Å². The lowest BCUT2D eigenvalue weighted by molar-refractivity contribution is 0.0690. The summed E-state index contributed by atoms with van der Waals surface area (Å²) < 4.78 is 5.40. The Morgan fingerprint density at radius 2 is 1.78 bits per heavy atom. The Morgan fingerprint density at radius 3 is 2.52 bits per heavy atom. The molecule has 3 heterocycles. The predicted molar refractivity (Wildman–Crippen MR) is 106 cm³/mol. The molecule has 2 aliphatic rings. The molecule has 0 bridgehead atoms. The normalized spacial score (nSPS) is 18.5. The zero-order valence-electron chi connectivity index (χ0n) is 15.7. The fraction of sp³-hybridized carbons (Fsp3) is 0.455. The van der Waals surface area contributed by atoms with E-state index in [2.05, 4.69) is 40.2 Å². The third-order valence-corrected chi connectivity index (χ3v) is 5.60. The van der Waals surface area contributed by atoms with Gasteiger partial charge < -0.3 is 14.5 Å². The lowest BCUT2D eigenvalue weighted by Gasteiger charge is -2.32. The summed E-state index contributed by atoms with van der Waals surface area (Å²) in [4.78, 5) is 21.6. The van der Waals surface area contributed by atoms with Crippen molar-refractivity contribution in [2.24, 2.45) is 5.92 Å². The summed E-state index contributed by atoms with van der Waals surface area (Å²) in [5.41, 5.74) is 2.14. The van der Waals surface area contributed by atoms with Crippen molar-refractivity contribution in [1.29, 1.82) is 0 Å². The van der Waals surface area contributed by atoms with Gasteiger partial charge in [0, 0.05) is 37.9 Å².